The molecule has 0 aromatic heterocycles. The van der Waals surface area contributed by atoms with Gasteiger partial charge in [-0.15, -0.1) is 0 Å². The fraction of sp³-hybridized carbons (Fsp3) is 0.846. The van der Waals surface area contributed by atoms with Crippen molar-refractivity contribution in [1.29, 1.82) is 0 Å². The van der Waals surface area contributed by atoms with E-state index < -0.39 is 5.97 Å². The number of allylic oxidation sites excluding steroid dienone is 2. The van der Waals surface area contributed by atoms with E-state index in [9.17, 15) is 9.59 Å². The lowest BCUT2D eigenvalue weighted by molar-refractivity contribution is -0.154. The van der Waals surface area contributed by atoms with Gasteiger partial charge in [0.1, 0.15) is 6.10 Å². The average molecular weight is 417 g/mol. The Morgan fingerprint density at radius 3 is 2.63 bits per heavy atom. The molecule has 4 rings (SSSR count). The molecule has 30 heavy (non-hydrogen) atoms. The molecule has 0 spiro atoms. The molecule has 4 aliphatic rings. The van der Waals surface area contributed by atoms with Gasteiger partial charge in [0.25, 0.3) is 0 Å². The molecule has 3 saturated carbocycles. The third-order valence-corrected chi connectivity index (χ3v) is 9.96. The maximum absolute atomic E-state index is 11.4. The third kappa shape index (κ3) is 3.62. The van der Waals surface area contributed by atoms with Crippen LogP contribution in [0.1, 0.15) is 85.5 Å². The molecule has 4 heteroatoms. The van der Waals surface area contributed by atoms with Crippen molar-refractivity contribution in [3.63, 3.8) is 0 Å². The Bertz CT molecular complexity index is 714. The summed E-state index contributed by atoms with van der Waals surface area (Å²) in [6, 6.07) is 0. The highest BCUT2D eigenvalue weighted by Gasteiger charge is 2.59. The maximum Gasteiger partial charge on any atom is 0.303 e. The van der Waals surface area contributed by atoms with Crippen LogP contribution in [0.3, 0.4) is 0 Å². The predicted octanol–water partition coefficient (Wildman–Crippen LogP) is 5.85. The topological polar surface area (TPSA) is 63.6 Å². The van der Waals surface area contributed by atoms with Crippen molar-refractivity contribution in [3.8, 4) is 0 Å². The molecule has 0 heterocycles. The number of esters is 1. The van der Waals surface area contributed by atoms with Crippen molar-refractivity contribution in [1.82, 2.24) is 0 Å². The van der Waals surface area contributed by atoms with E-state index >= 15 is 0 Å². The van der Waals surface area contributed by atoms with Gasteiger partial charge in [0.2, 0.25) is 0 Å². The summed E-state index contributed by atoms with van der Waals surface area (Å²) in [5.41, 5.74) is 0.543. The zero-order valence-electron chi connectivity index (χ0n) is 19.2. The molecule has 4 nitrogen and oxygen atoms in total. The van der Waals surface area contributed by atoms with Crippen molar-refractivity contribution in [2.75, 3.05) is 0 Å². The summed E-state index contributed by atoms with van der Waals surface area (Å²) < 4.78 is 5.59. The normalized spacial score (nSPS) is 45.7. The van der Waals surface area contributed by atoms with Crippen molar-refractivity contribution in [3.05, 3.63) is 12.2 Å². The zero-order valence-corrected chi connectivity index (χ0v) is 19.2. The van der Waals surface area contributed by atoms with Crippen LogP contribution in [-0.4, -0.2) is 23.1 Å². The van der Waals surface area contributed by atoms with Crippen molar-refractivity contribution in [2.45, 2.75) is 91.6 Å². The van der Waals surface area contributed by atoms with Gasteiger partial charge < -0.3 is 9.84 Å². The van der Waals surface area contributed by atoms with E-state index in [0.717, 1.165) is 37.5 Å². The average Bonchev–Trinajstić information content (AvgIpc) is 3.03. The highest BCUT2D eigenvalue weighted by Crippen LogP contribution is 2.66. The molecule has 0 radical (unpaired) electrons. The Labute approximate surface area is 181 Å². The molecule has 1 N–H and O–H groups in total. The monoisotopic (exact) mass is 416 g/mol. The van der Waals surface area contributed by atoms with Gasteiger partial charge >= 0.3 is 11.9 Å². The second kappa shape index (κ2) is 7.98. The number of fused-ring (bicyclic) bond motifs is 5. The zero-order chi connectivity index (χ0) is 21.7. The second-order valence-corrected chi connectivity index (χ2v) is 11.4. The van der Waals surface area contributed by atoms with Gasteiger partial charge in [-0.2, -0.15) is 0 Å². The number of carboxylic acids is 1. The number of hydrogen-bond donors (Lipinski definition) is 1. The van der Waals surface area contributed by atoms with Crippen LogP contribution in [0.2, 0.25) is 0 Å². The Morgan fingerprint density at radius 1 is 1.17 bits per heavy atom. The quantitative estimate of drug-likeness (QED) is 0.451. The minimum absolute atomic E-state index is 0.112. The van der Waals surface area contributed by atoms with E-state index in [1.54, 1.807) is 0 Å². The second-order valence-electron chi connectivity index (χ2n) is 11.4. The van der Waals surface area contributed by atoms with Crippen LogP contribution < -0.4 is 0 Å². The number of carboxylic acid groups (broad SMARTS) is 1. The van der Waals surface area contributed by atoms with Crippen LogP contribution in [0.4, 0.5) is 0 Å². The van der Waals surface area contributed by atoms with Gasteiger partial charge in [-0.05, 0) is 97.7 Å². The van der Waals surface area contributed by atoms with Crippen LogP contribution in [-0.2, 0) is 14.3 Å². The molecule has 9 atom stereocenters. The number of aliphatic carboxylic acids is 1. The molecule has 4 aliphatic carbocycles. The Hall–Kier alpha value is -1.32. The molecule has 0 amide bonds. The summed E-state index contributed by atoms with van der Waals surface area (Å²) in [5.74, 6) is 3.03. The van der Waals surface area contributed by atoms with Gasteiger partial charge in [0, 0.05) is 13.3 Å². The Morgan fingerprint density at radius 2 is 1.93 bits per heavy atom. The van der Waals surface area contributed by atoms with Gasteiger partial charge in [-0.25, -0.2) is 0 Å². The maximum atomic E-state index is 11.4. The van der Waals surface area contributed by atoms with Crippen LogP contribution in [0, 0.1) is 46.3 Å². The first kappa shape index (κ1) is 21.9. The van der Waals surface area contributed by atoms with Crippen LogP contribution >= 0.6 is 0 Å². The number of ether oxygens (including phenoxy) is 1. The minimum atomic E-state index is -0.670. The molecule has 0 aliphatic heterocycles. The molecular formula is C26H40O4. The lowest BCUT2D eigenvalue weighted by Gasteiger charge is -2.59. The molecule has 3 fully saturated rings. The summed E-state index contributed by atoms with van der Waals surface area (Å²) in [5, 5.41) is 9.12. The predicted molar refractivity (Wildman–Crippen MR) is 117 cm³/mol. The SMILES string of the molecule is CC(=O)O[C@@H]1CC[C@@]2(C)C(CC[C@H]3[C@@H]4CCC([C@H](C)CCC(=O)O)C4(C)C=C[C@@H]32)C1. The summed E-state index contributed by atoms with van der Waals surface area (Å²) in [6.45, 7) is 8.78. The van der Waals surface area contributed by atoms with Crippen LogP contribution in [0.25, 0.3) is 0 Å². The highest BCUT2D eigenvalue weighted by atomic mass is 16.5. The van der Waals surface area contributed by atoms with Gasteiger partial charge in [0.05, 0.1) is 0 Å². The third-order valence-electron chi connectivity index (χ3n) is 9.96. The minimum Gasteiger partial charge on any atom is -0.481 e. The van der Waals surface area contributed by atoms with E-state index in [-0.39, 0.29) is 23.9 Å². The Kier molecular flexibility index (Phi) is 5.83. The first-order valence-electron chi connectivity index (χ1n) is 12.2. The van der Waals surface area contributed by atoms with Crippen LogP contribution in [0.15, 0.2) is 12.2 Å². The summed E-state index contributed by atoms with van der Waals surface area (Å²) >= 11 is 0. The molecular weight excluding hydrogens is 376 g/mol. The molecule has 3 unspecified atom stereocenters. The molecule has 0 aromatic carbocycles. The largest absolute Gasteiger partial charge is 0.481 e. The summed E-state index contributed by atoms with van der Waals surface area (Å²) in [7, 11) is 0. The van der Waals surface area contributed by atoms with E-state index in [1.807, 2.05) is 0 Å². The molecule has 0 aromatic rings. The Balaban J connectivity index is 1.52. The summed E-state index contributed by atoms with van der Waals surface area (Å²) in [6.07, 6.45) is 14.6. The number of carbonyl (C=O) groups excluding carboxylic acids is 1. The summed E-state index contributed by atoms with van der Waals surface area (Å²) in [4.78, 5) is 22.5. The fourth-order valence-electron chi connectivity index (χ4n) is 8.42. The van der Waals surface area contributed by atoms with Crippen molar-refractivity contribution in [2.24, 2.45) is 46.3 Å². The highest BCUT2D eigenvalue weighted by molar-refractivity contribution is 5.66. The standard InChI is InChI=1S/C26H40O4/c1-16(5-10-24(28)29)21-8-9-22-20-7-6-18-15-19(30-17(2)27)11-13-25(18,3)23(20)12-14-26(21,22)4/h12,14,16,18-23H,5-11,13,15H2,1-4H3,(H,28,29)/t16-,18?,19-,20+,21?,22+,23+,25+,26?/m1/s1. The van der Waals surface area contributed by atoms with Gasteiger partial charge in [-0.3, -0.25) is 9.59 Å². The molecule has 0 bridgehead atoms. The number of rotatable bonds is 5. The van der Waals surface area contributed by atoms with E-state index in [4.69, 9.17) is 9.84 Å². The van der Waals surface area contributed by atoms with Crippen LogP contribution in [0.5, 0.6) is 0 Å². The molecule has 168 valence electrons. The smallest absolute Gasteiger partial charge is 0.303 e. The number of hydrogen-bond acceptors (Lipinski definition) is 3. The first-order chi connectivity index (χ1) is 14.1. The van der Waals surface area contributed by atoms with E-state index in [1.165, 1.54) is 32.6 Å². The number of carbonyl (C=O) groups is 2. The van der Waals surface area contributed by atoms with E-state index in [2.05, 4.69) is 32.9 Å². The van der Waals surface area contributed by atoms with Gasteiger partial charge in [-0.1, -0.05) is 32.9 Å². The first-order valence-corrected chi connectivity index (χ1v) is 12.2. The molecule has 0 saturated heterocycles. The van der Waals surface area contributed by atoms with Gasteiger partial charge in [0.15, 0.2) is 0 Å². The fourth-order valence-corrected chi connectivity index (χ4v) is 8.42. The lowest BCUT2D eigenvalue weighted by Crippen LogP contribution is -2.52. The van der Waals surface area contributed by atoms with Crippen molar-refractivity contribution >= 4 is 11.9 Å². The van der Waals surface area contributed by atoms with Crippen molar-refractivity contribution < 1.29 is 19.4 Å². The van der Waals surface area contributed by atoms with E-state index in [0.29, 0.717) is 29.1 Å². The lowest BCUT2D eigenvalue weighted by atomic mass is 9.46.